The minimum Gasteiger partial charge on any atom is -0.487 e. The van der Waals surface area contributed by atoms with Crippen LogP contribution in [0.15, 0.2) is 30.9 Å². The second kappa shape index (κ2) is 7.65. The fourth-order valence-corrected chi connectivity index (χ4v) is 3.66. The van der Waals surface area contributed by atoms with Crippen molar-refractivity contribution >= 4 is 0 Å². The summed E-state index contributed by atoms with van der Waals surface area (Å²) in [6.45, 7) is 15.2. The van der Waals surface area contributed by atoms with E-state index in [1.54, 1.807) is 4.90 Å². The quantitative estimate of drug-likeness (QED) is 0.795. The number of para-hydroxylation sites is 1. The van der Waals surface area contributed by atoms with Crippen molar-refractivity contribution in [2.24, 2.45) is 11.8 Å². The van der Waals surface area contributed by atoms with E-state index in [-0.39, 0.29) is 0 Å². The Labute approximate surface area is 129 Å². The van der Waals surface area contributed by atoms with Gasteiger partial charge in [0.1, 0.15) is 18.9 Å². The Balaban J connectivity index is 1.90. The lowest BCUT2D eigenvalue weighted by molar-refractivity contribution is -0.912. The Morgan fingerprint density at radius 3 is 2.67 bits per heavy atom. The molecule has 0 spiro atoms. The molecule has 2 rings (SSSR count). The maximum Gasteiger partial charge on any atom is 0.137 e. The summed E-state index contributed by atoms with van der Waals surface area (Å²) in [7, 11) is 0. The first-order valence-corrected chi connectivity index (χ1v) is 8.26. The number of rotatable bonds is 6. The van der Waals surface area contributed by atoms with Gasteiger partial charge >= 0.3 is 0 Å². The van der Waals surface area contributed by atoms with Crippen molar-refractivity contribution < 1.29 is 9.64 Å². The summed E-state index contributed by atoms with van der Waals surface area (Å²) in [5.74, 6) is 2.76. The lowest BCUT2D eigenvalue weighted by atomic mass is 9.92. The smallest absolute Gasteiger partial charge is 0.137 e. The third-order valence-corrected chi connectivity index (χ3v) is 4.44. The van der Waals surface area contributed by atoms with Crippen LogP contribution in [0.4, 0.5) is 0 Å². The lowest BCUT2D eigenvalue weighted by Gasteiger charge is -2.32. The Morgan fingerprint density at radius 1 is 1.29 bits per heavy atom. The van der Waals surface area contributed by atoms with E-state index in [2.05, 4.69) is 45.5 Å². The molecule has 2 nitrogen and oxygen atoms in total. The normalized spacial score (nSPS) is 25.6. The molecule has 1 unspecified atom stereocenters. The zero-order chi connectivity index (χ0) is 15.2. The number of quaternary nitrogens is 1. The zero-order valence-corrected chi connectivity index (χ0v) is 13.8. The molecule has 0 aliphatic carbocycles. The SMILES string of the molecule is C=CCc1cccc(C)c1OCC[NH+]1C[C@H](C)C[C@H](C)C1. The highest BCUT2D eigenvalue weighted by Gasteiger charge is 2.24. The van der Waals surface area contributed by atoms with Gasteiger partial charge in [-0.25, -0.2) is 0 Å². The van der Waals surface area contributed by atoms with Crippen molar-refractivity contribution in [1.29, 1.82) is 0 Å². The van der Waals surface area contributed by atoms with Crippen LogP contribution >= 0.6 is 0 Å². The number of aryl methyl sites for hydroxylation is 1. The third-order valence-electron chi connectivity index (χ3n) is 4.44. The molecular weight excluding hydrogens is 258 g/mol. The fraction of sp³-hybridized carbons (Fsp3) is 0.579. The molecule has 0 radical (unpaired) electrons. The standard InChI is InChI=1S/C19H29NO/c1-5-7-18-9-6-8-17(4)19(18)21-11-10-20-13-15(2)12-16(3)14-20/h5-6,8-9,15-16H,1,7,10-14H2,2-4H3/p+1/t15-,16+. The van der Waals surface area contributed by atoms with E-state index >= 15 is 0 Å². The molecule has 1 N–H and O–H groups in total. The van der Waals surface area contributed by atoms with E-state index in [1.165, 1.54) is 30.6 Å². The molecule has 1 fully saturated rings. The second-order valence-electron chi connectivity index (χ2n) is 6.76. The van der Waals surface area contributed by atoms with Gasteiger partial charge in [-0.05, 0) is 30.9 Å². The number of piperidine rings is 1. The van der Waals surface area contributed by atoms with Crippen molar-refractivity contribution in [2.75, 3.05) is 26.2 Å². The topological polar surface area (TPSA) is 13.7 Å². The molecule has 1 aliphatic heterocycles. The summed E-state index contributed by atoms with van der Waals surface area (Å²) in [6, 6.07) is 6.36. The van der Waals surface area contributed by atoms with Crippen LogP contribution in [0.25, 0.3) is 0 Å². The Kier molecular flexibility index (Phi) is 5.86. The first kappa shape index (κ1) is 16.1. The van der Waals surface area contributed by atoms with Gasteiger partial charge in [0, 0.05) is 11.8 Å². The van der Waals surface area contributed by atoms with Crippen LogP contribution in [0, 0.1) is 18.8 Å². The molecule has 1 saturated heterocycles. The van der Waals surface area contributed by atoms with Gasteiger partial charge in [-0.1, -0.05) is 38.1 Å². The lowest BCUT2D eigenvalue weighted by Crippen LogP contribution is -3.14. The monoisotopic (exact) mass is 288 g/mol. The Bertz CT molecular complexity index is 459. The highest BCUT2D eigenvalue weighted by molar-refractivity contribution is 5.41. The van der Waals surface area contributed by atoms with Crippen LogP contribution in [0.3, 0.4) is 0 Å². The number of hydrogen-bond donors (Lipinski definition) is 1. The molecule has 1 heterocycles. The summed E-state index contributed by atoms with van der Waals surface area (Å²) in [5, 5.41) is 0. The minimum absolute atomic E-state index is 0.809. The van der Waals surface area contributed by atoms with Gasteiger partial charge in [0.15, 0.2) is 0 Å². The molecule has 0 saturated carbocycles. The Hall–Kier alpha value is -1.28. The Morgan fingerprint density at radius 2 is 2.00 bits per heavy atom. The van der Waals surface area contributed by atoms with Crippen molar-refractivity contribution in [3.8, 4) is 5.75 Å². The van der Waals surface area contributed by atoms with Gasteiger partial charge in [0.25, 0.3) is 0 Å². The van der Waals surface area contributed by atoms with Gasteiger partial charge in [-0.15, -0.1) is 6.58 Å². The van der Waals surface area contributed by atoms with Gasteiger partial charge < -0.3 is 9.64 Å². The molecule has 2 heteroatoms. The number of hydrogen-bond acceptors (Lipinski definition) is 1. The maximum absolute atomic E-state index is 6.13. The molecule has 3 atom stereocenters. The summed E-state index contributed by atoms with van der Waals surface area (Å²) < 4.78 is 6.13. The summed E-state index contributed by atoms with van der Waals surface area (Å²) >= 11 is 0. The van der Waals surface area contributed by atoms with E-state index in [1.807, 2.05) is 6.08 Å². The summed E-state index contributed by atoms with van der Waals surface area (Å²) in [5.41, 5.74) is 2.48. The highest BCUT2D eigenvalue weighted by Crippen LogP contribution is 2.24. The molecule has 21 heavy (non-hydrogen) atoms. The van der Waals surface area contributed by atoms with Crippen LogP contribution in [-0.2, 0) is 6.42 Å². The van der Waals surface area contributed by atoms with Gasteiger partial charge in [-0.2, -0.15) is 0 Å². The average molecular weight is 288 g/mol. The van der Waals surface area contributed by atoms with Crippen LogP contribution in [-0.4, -0.2) is 26.2 Å². The van der Waals surface area contributed by atoms with Crippen molar-refractivity contribution in [1.82, 2.24) is 0 Å². The van der Waals surface area contributed by atoms with E-state index in [9.17, 15) is 0 Å². The van der Waals surface area contributed by atoms with Crippen LogP contribution in [0.1, 0.15) is 31.4 Å². The summed E-state index contributed by atoms with van der Waals surface area (Å²) in [4.78, 5) is 1.69. The van der Waals surface area contributed by atoms with Crippen molar-refractivity contribution in [3.05, 3.63) is 42.0 Å². The highest BCUT2D eigenvalue weighted by atomic mass is 16.5. The number of likely N-dealkylation sites (tertiary alicyclic amines) is 1. The minimum atomic E-state index is 0.809. The first-order chi connectivity index (χ1) is 10.1. The molecule has 1 aromatic carbocycles. The summed E-state index contributed by atoms with van der Waals surface area (Å²) in [6.07, 6.45) is 4.20. The van der Waals surface area contributed by atoms with Crippen LogP contribution in [0.5, 0.6) is 5.75 Å². The van der Waals surface area contributed by atoms with Crippen molar-refractivity contribution in [2.45, 2.75) is 33.6 Å². The van der Waals surface area contributed by atoms with E-state index in [4.69, 9.17) is 4.74 Å². The maximum atomic E-state index is 6.13. The largest absolute Gasteiger partial charge is 0.487 e. The third kappa shape index (κ3) is 4.60. The van der Waals surface area contributed by atoms with Gasteiger partial charge in [0.05, 0.1) is 13.1 Å². The second-order valence-corrected chi connectivity index (χ2v) is 6.76. The molecule has 0 aromatic heterocycles. The predicted octanol–water partition coefficient (Wildman–Crippen LogP) is 2.66. The van der Waals surface area contributed by atoms with Crippen molar-refractivity contribution in [3.63, 3.8) is 0 Å². The van der Waals surface area contributed by atoms with Crippen LogP contribution in [0.2, 0.25) is 0 Å². The molecule has 0 bridgehead atoms. The molecule has 0 amide bonds. The van der Waals surface area contributed by atoms with Gasteiger partial charge in [-0.3, -0.25) is 0 Å². The molecular formula is C19H30NO+. The first-order valence-electron chi connectivity index (χ1n) is 8.26. The number of ether oxygens (including phenoxy) is 1. The average Bonchev–Trinajstić information content (AvgIpc) is 2.41. The predicted molar refractivity (Wildman–Crippen MR) is 89.1 cm³/mol. The molecule has 116 valence electrons. The fourth-order valence-electron chi connectivity index (χ4n) is 3.66. The molecule has 1 aromatic rings. The van der Waals surface area contributed by atoms with E-state index in [0.717, 1.165) is 37.2 Å². The number of benzene rings is 1. The number of allylic oxidation sites excluding steroid dienone is 1. The van der Waals surface area contributed by atoms with Gasteiger partial charge in [0.2, 0.25) is 0 Å². The van der Waals surface area contributed by atoms with Crippen LogP contribution < -0.4 is 9.64 Å². The number of nitrogens with one attached hydrogen (secondary N) is 1. The zero-order valence-electron chi connectivity index (χ0n) is 13.8. The molecule has 1 aliphatic rings. The van der Waals surface area contributed by atoms with E-state index in [0.29, 0.717) is 0 Å². The van der Waals surface area contributed by atoms with E-state index < -0.39 is 0 Å².